The van der Waals surface area contributed by atoms with E-state index in [0.717, 1.165) is 16.8 Å². The summed E-state index contributed by atoms with van der Waals surface area (Å²) in [5.74, 6) is 0.668. The highest BCUT2D eigenvalue weighted by Crippen LogP contribution is 2.27. The number of nitrogens with zero attached hydrogens (tertiary/aromatic N) is 2. The van der Waals surface area contributed by atoms with E-state index in [1.54, 1.807) is 18.3 Å². The number of ether oxygens (including phenoxy) is 1. The van der Waals surface area contributed by atoms with E-state index >= 15 is 0 Å². The zero-order chi connectivity index (χ0) is 13.9. The molecule has 0 amide bonds. The SMILES string of the molecule is Fc1ccccc1C1CN(c2ccc(Br)cn2)CCO1. The normalized spacial score (nSPS) is 19.1. The predicted molar refractivity (Wildman–Crippen MR) is 79.2 cm³/mol. The van der Waals surface area contributed by atoms with Crippen LogP contribution >= 0.6 is 15.9 Å². The highest BCUT2D eigenvalue weighted by Gasteiger charge is 2.24. The second kappa shape index (κ2) is 5.89. The topological polar surface area (TPSA) is 25.4 Å². The Bertz CT molecular complexity index is 591. The molecule has 0 saturated carbocycles. The molecule has 1 aromatic carbocycles. The standard InChI is InChI=1S/C15H14BrFN2O/c16-11-5-6-15(18-9-11)19-7-8-20-14(10-19)12-3-1-2-4-13(12)17/h1-6,9,14H,7-8,10H2. The molecule has 1 aliphatic heterocycles. The quantitative estimate of drug-likeness (QED) is 0.838. The number of rotatable bonds is 2. The molecular weight excluding hydrogens is 323 g/mol. The smallest absolute Gasteiger partial charge is 0.129 e. The minimum Gasteiger partial charge on any atom is -0.370 e. The highest BCUT2D eigenvalue weighted by atomic mass is 79.9. The Hall–Kier alpha value is -1.46. The zero-order valence-corrected chi connectivity index (χ0v) is 12.4. The molecule has 3 nitrogen and oxygen atoms in total. The largest absolute Gasteiger partial charge is 0.370 e. The van der Waals surface area contributed by atoms with Crippen LogP contribution in [0.4, 0.5) is 10.2 Å². The second-order valence-corrected chi connectivity index (χ2v) is 5.58. The van der Waals surface area contributed by atoms with Crippen LogP contribution in [0.3, 0.4) is 0 Å². The molecule has 0 radical (unpaired) electrons. The lowest BCUT2D eigenvalue weighted by molar-refractivity contribution is 0.0372. The van der Waals surface area contributed by atoms with Crippen molar-refractivity contribution in [2.45, 2.75) is 6.10 Å². The molecule has 1 atom stereocenters. The number of pyridine rings is 1. The molecule has 0 bridgehead atoms. The maximum Gasteiger partial charge on any atom is 0.129 e. The molecule has 104 valence electrons. The van der Waals surface area contributed by atoms with Gasteiger partial charge in [-0.25, -0.2) is 9.37 Å². The van der Waals surface area contributed by atoms with Crippen LogP contribution in [-0.2, 0) is 4.74 Å². The van der Waals surface area contributed by atoms with Crippen molar-refractivity contribution in [3.8, 4) is 0 Å². The van der Waals surface area contributed by atoms with Gasteiger partial charge in [0.25, 0.3) is 0 Å². The predicted octanol–water partition coefficient (Wildman–Crippen LogP) is 3.56. The zero-order valence-electron chi connectivity index (χ0n) is 10.8. The molecule has 1 aliphatic rings. The number of aromatic nitrogens is 1. The molecule has 1 saturated heterocycles. The third kappa shape index (κ3) is 2.83. The fourth-order valence-corrected chi connectivity index (χ4v) is 2.57. The van der Waals surface area contributed by atoms with Crippen LogP contribution in [0, 0.1) is 5.82 Å². The summed E-state index contributed by atoms with van der Waals surface area (Å²) in [6.45, 7) is 1.94. The van der Waals surface area contributed by atoms with Crippen LogP contribution in [0.2, 0.25) is 0 Å². The van der Waals surface area contributed by atoms with Gasteiger partial charge in [0.15, 0.2) is 0 Å². The summed E-state index contributed by atoms with van der Waals surface area (Å²) in [6.07, 6.45) is 1.51. The minimum absolute atomic E-state index is 0.219. The van der Waals surface area contributed by atoms with Gasteiger partial charge in [-0.1, -0.05) is 18.2 Å². The summed E-state index contributed by atoms with van der Waals surface area (Å²) < 4.78 is 20.5. The van der Waals surface area contributed by atoms with Gasteiger partial charge in [0.05, 0.1) is 6.61 Å². The van der Waals surface area contributed by atoms with Gasteiger partial charge in [-0.3, -0.25) is 0 Å². The minimum atomic E-state index is -0.254. The Labute approximate surface area is 125 Å². The lowest BCUT2D eigenvalue weighted by Gasteiger charge is -2.34. The highest BCUT2D eigenvalue weighted by molar-refractivity contribution is 9.10. The van der Waals surface area contributed by atoms with E-state index in [4.69, 9.17) is 4.74 Å². The Morgan fingerprint density at radius 2 is 2.10 bits per heavy atom. The average molecular weight is 337 g/mol. The lowest BCUT2D eigenvalue weighted by atomic mass is 10.1. The third-order valence-corrected chi connectivity index (χ3v) is 3.82. The lowest BCUT2D eigenvalue weighted by Crippen LogP contribution is -2.39. The number of halogens is 2. The molecule has 0 N–H and O–H groups in total. The van der Waals surface area contributed by atoms with Gasteiger partial charge in [0.2, 0.25) is 0 Å². The van der Waals surface area contributed by atoms with E-state index in [0.29, 0.717) is 18.7 Å². The van der Waals surface area contributed by atoms with Gasteiger partial charge < -0.3 is 9.64 Å². The van der Waals surface area contributed by atoms with Crippen LogP contribution in [0.15, 0.2) is 47.1 Å². The summed E-state index contributed by atoms with van der Waals surface area (Å²) >= 11 is 3.37. The van der Waals surface area contributed by atoms with Gasteiger partial charge in [0.1, 0.15) is 17.7 Å². The molecule has 1 fully saturated rings. The summed E-state index contributed by atoms with van der Waals surface area (Å²) in [5, 5.41) is 0. The first-order valence-corrected chi connectivity index (χ1v) is 7.26. The van der Waals surface area contributed by atoms with Crippen LogP contribution in [0.1, 0.15) is 11.7 Å². The van der Waals surface area contributed by atoms with Gasteiger partial charge in [-0.05, 0) is 34.1 Å². The Morgan fingerprint density at radius 1 is 1.25 bits per heavy atom. The molecule has 3 rings (SSSR count). The van der Waals surface area contributed by atoms with Crippen molar-refractivity contribution in [1.82, 2.24) is 4.98 Å². The molecule has 0 aliphatic carbocycles. The number of benzene rings is 1. The van der Waals surface area contributed by atoms with E-state index in [1.165, 1.54) is 6.07 Å². The van der Waals surface area contributed by atoms with E-state index in [1.807, 2.05) is 18.2 Å². The van der Waals surface area contributed by atoms with Crippen molar-refractivity contribution in [3.63, 3.8) is 0 Å². The van der Waals surface area contributed by atoms with Crippen molar-refractivity contribution < 1.29 is 9.13 Å². The molecule has 1 aromatic heterocycles. The van der Waals surface area contributed by atoms with E-state index in [-0.39, 0.29) is 11.9 Å². The number of anilines is 1. The Balaban J connectivity index is 1.80. The van der Waals surface area contributed by atoms with Crippen LogP contribution in [0.25, 0.3) is 0 Å². The first-order valence-electron chi connectivity index (χ1n) is 6.46. The molecule has 2 heterocycles. The molecule has 0 spiro atoms. The average Bonchev–Trinajstić information content (AvgIpc) is 2.49. The van der Waals surface area contributed by atoms with Crippen LogP contribution in [-0.4, -0.2) is 24.7 Å². The van der Waals surface area contributed by atoms with E-state index < -0.39 is 0 Å². The van der Waals surface area contributed by atoms with Gasteiger partial charge in [-0.2, -0.15) is 0 Å². The fraction of sp³-hybridized carbons (Fsp3) is 0.267. The molecule has 2 aromatic rings. The third-order valence-electron chi connectivity index (χ3n) is 3.35. The first-order chi connectivity index (χ1) is 9.74. The van der Waals surface area contributed by atoms with Gasteiger partial charge in [0, 0.05) is 29.3 Å². The summed E-state index contributed by atoms with van der Waals surface area (Å²) in [4.78, 5) is 6.50. The maximum absolute atomic E-state index is 13.8. The first kappa shape index (κ1) is 13.5. The number of morpholine rings is 1. The van der Waals surface area contributed by atoms with Crippen molar-refractivity contribution in [1.29, 1.82) is 0 Å². The van der Waals surface area contributed by atoms with E-state index in [9.17, 15) is 4.39 Å². The summed E-state index contributed by atoms with van der Waals surface area (Å²) in [7, 11) is 0. The van der Waals surface area contributed by atoms with E-state index in [2.05, 4.69) is 25.8 Å². The Kier molecular flexibility index (Phi) is 3.98. The van der Waals surface area contributed by atoms with Gasteiger partial charge in [-0.15, -0.1) is 0 Å². The van der Waals surface area contributed by atoms with Crippen LogP contribution < -0.4 is 4.90 Å². The molecule has 20 heavy (non-hydrogen) atoms. The van der Waals surface area contributed by atoms with Crippen molar-refractivity contribution in [3.05, 3.63) is 58.4 Å². The van der Waals surface area contributed by atoms with Crippen molar-refractivity contribution in [2.24, 2.45) is 0 Å². The van der Waals surface area contributed by atoms with Crippen molar-refractivity contribution in [2.75, 3.05) is 24.6 Å². The van der Waals surface area contributed by atoms with Crippen LogP contribution in [0.5, 0.6) is 0 Å². The van der Waals surface area contributed by atoms with Gasteiger partial charge >= 0.3 is 0 Å². The molecular formula is C15H14BrFN2O. The molecule has 5 heteroatoms. The Morgan fingerprint density at radius 3 is 2.85 bits per heavy atom. The monoisotopic (exact) mass is 336 g/mol. The van der Waals surface area contributed by atoms with Crippen molar-refractivity contribution >= 4 is 21.7 Å². The summed E-state index contributed by atoms with van der Waals surface area (Å²) in [6, 6.07) is 10.7. The fourth-order valence-electron chi connectivity index (χ4n) is 2.34. The summed E-state index contributed by atoms with van der Waals surface area (Å²) in [5.41, 5.74) is 0.606. The number of hydrogen-bond donors (Lipinski definition) is 0. The maximum atomic E-state index is 13.8. The second-order valence-electron chi connectivity index (χ2n) is 4.66. The molecule has 1 unspecified atom stereocenters. The number of hydrogen-bond acceptors (Lipinski definition) is 3.